The number of halogens is 2. The van der Waals surface area contributed by atoms with Gasteiger partial charge in [0.15, 0.2) is 5.82 Å². The number of carbonyl (C=O) groups excluding carboxylic acids is 1. The fourth-order valence-electron chi connectivity index (χ4n) is 3.24. The first kappa shape index (κ1) is 23.4. The number of rotatable bonds is 6. The van der Waals surface area contributed by atoms with Crippen LogP contribution in [0.4, 0.5) is 5.82 Å². The van der Waals surface area contributed by atoms with Crippen molar-refractivity contribution in [3.05, 3.63) is 42.4 Å². The van der Waals surface area contributed by atoms with Gasteiger partial charge < -0.3 is 15.8 Å². The molecule has 2 heterocycles. The Morgan fingerprint density at radius 2 is 2.00 bits per heavy atom. The molecule has 0 spiro atoms. The van der Waals surface area contributed by atoms with E-state index in [1.165, 1.54) is 0 Å². The second kappa shape index (κ2) is 9.01. The van der Waals surface area contributed by atoms with Crippen LogP contribution in [0.15, 0.2) is 36.8 Å². The monoisotopic (exact) mass is 415 g/mol. The molecule has 0 bridgehead atoms. The lowest BCUT2D eigenvalue weighted by Crippen LogP contribution is -2.74. The summed E-state index contributed by atoms with van der Waals surface area (Å²) in [5.74, 6) is 0.280. The summed E-state index contributed by atoms with van der Waals surface area (Å²) in [4.78, 5) is 16.7. The SMILES string of the molecule is CCOC1CC(N)(C(=O)Nc2ccn(Cc3ccncc3)n2)C1(C)C.Cl.Cl. The van der Waals surface area contributed by atoms with Crippen LogP contribution in [0.1, 0.15) is 32.8 Å². The minimum absolute atomic E-state index is 0. The topological polar surface area (TPSA) is 95.1 Å². The van der Waals surface area contributed by atoms with Crippen molar-refractivity contribution < 1.29 is 9.53 Å². The first-order chi connectivity index (χ1) is 11.9. The Bertz CT molecular complexity index is 753. The van der Waals surface area contributed by atoms with Gasteiger partial charge in [0, 0.05) is 43.1 Å². The van der Waals surface area contributed by atoms with Gasteiger partial charge in [-0.15, -0.1) is 24.8 Å². The molecule has 150 valence electrons. The standard InChI is InChI=1S/C18H25N5O2.2ClH/c1-4-25-14-11-18(19,17(14,2)3)16(24)21-15-7-10-23(22-15)12-13-5-8-20-9-6-13;;/h5-10,14H,4,11-12,19H2,1-3H3,(H,21,22,24);2*1H. The zero-order chi connectivity index (χ0) is 18.1. The Labute approximate surface area is 171 Å². The number of nitrogens with one attached hydrogen (secondary N) is 1. The molecule has 0 aliphatic heterocycles. The highest BCUT2D eigenvalue weighted by Gasteiger charge is 2.62. The molecule has 2 aromatic heterocycles. The predicted octanol–water partition coefficient (Wildman–Crippen LogP) is 2.64. The van der Waals surface area contributed by atoms with E-state index >= 15 is 0 Å². The third-order valence-corrected chi connectivity index (χ3v) is 5.21. The maximum atomic E-state index is 12.7. The normalized spacial score (nSPS) is 22.7. The van der Waals surface area contributed by atoms with Gasteiger partial charge in [-0.3, -0.25) is 14.5 Å². The molecule has 0 saturated heterocycles. The number of hydrogen-bond acceptors (Lipinski definition) is 5. The number of nitrogens with zero attached hydrogens (tertiary/aromatic N) is 3. The van der Waals surface area contributed by atoms with Crippen LogP contribution < -0.4 is 11.1 Å². The van der Waals surface area contributed by atoms with E-state index in [9.17, 15) is 4.79 Å². The van der Waals surface area contributed by atoms with Crippen LogP contribution in [0.25, 0.3) is 0 Å². The van der Waals surface area contributed by atoms with Crippen molar-refractivity contribution >= 4 is 36.5 Å². The molecular formula is C18H27Cl2N5O2. The number of carbonyl (C=O) groups is 1. The van der Waals surface area contributed by atoms with E-state index in [1.54, 1.807) is 23.1 Å². The number of aromatic nitrogens is 3. The lowest BCUT2D eigenvalue weighted by atomic mass is 9.54. The Kier molecular flexibility index (Phi) is 7.80. The molecule has 9 heteroatoms. The molecule has 2 aromatic rings. The minimum atomic E-state index is -0.957. The van der Waals surface area contributed by atoms with E-state index in [0.29, 0.717) is 25.4 Å². The highest BCUT2D eigenvalue weighted by Crippen LogP contribution is 2.50. The molecular weight excluding hydrogens is 389 g/mol. The van der Waals surface area contributed by atoms with Gasteiger partial charge >= 0.3 is 0 Å². The summed E-state index contributed by atoms with van der Waals surface area (Å²) in [7, 11) is 0. The Balaban J connectivity index is 0.00000182. The average Bonchev–Trinajstić information content (AvgIpc) is 3.02. The van der Waals surface area contributed by atoms with Gasteiger partial charge in [-0.2, -0.15) is 5.10 Å². The molecule has 3 rings (SSSR count). The maximum Gasteiger partial charge on any atom is 0.246 e. The smallest absolute Gasteiger partial charge is 0.246 e. The molecule has 1 aliphatic rings. The molecule has 1 aliphatic carbocycles. The Morgan fingerprint density at radius 1 is 1.33 bits per heavy atom. The maximum absolute atomic E-state index is 12.7. The van der Waals surface area contributed by atoms with Gasteiger partial charge in [0.25, 0.3) is 0 Å². The number of amides is 1. The fraction of sp³-hybridized carbons (Fsp3) is 0.500. The van der Waals surface area contributed by atoms with Crippen LogP contribution in [-0.2, 0) is 16.1 Å². The molecule has 1 saturated carbocycles. The van der Waals surface area contributed by atoms with E-state index in [2.05, 4.69) is 15.4 Å². The second-order valence-corrected chi connectivity index (χ2v) is 7.05. The van der Waals surface area contributed by atoms with Gasteiger partial charge in [0.05, 0.1) is 12.6 Å². The van der Waals surface area contributed by atoms with E-state index in [4.69, 9.17) is 10.5 Å². The number of pyridine rings is 1. The van der Waals surface area contributed by atoms with Crippen molar-refractivity contribution in [2.45, 2.75) is 45.4 Å². The summed E-state index contributed by atoms with van der Waals surface area (Å²) in [5, 5.41) is 7.24. The van der Waals surface area contributed by atoms with Gasteiger partial charge in [-0.05, 0) is 24.6 Å². The zero-order valence-electron chi connectivity index (χ0n) is 15.7. The molecule has 0 radical (unpaired) electrons. The molecule has 2 atom stereocenters. The molecule has 0 aromatic carbocycles. The van der Waals surface area contributed by atoms with Crippen molar-refractivity contribution in [2.24, 2.45) is 11.1 Å². The van der Waals surface area contributed by atoms with Crippen LogP contribution in [0.2, 0.25) is 0 Å². The first-order valence-electron chi connectivity index (χ1n) is 8.51. The van der Waals surface area contributed by atoms with Crippen LogP contribution in [0.3, 0.4) is 0 Å². The minimum Gasteiger partial charge on any atom is -0.378 e. The molecule has 2 unspecified atom stereocenters. The number of hydrogen-bond donors (Lipinski definition) is 2. The van der Waals surface area contributed by atoms with Crippen LogP contribution in [-0.4, -0.2) is 38.9 Å². The van der Waals surface area contributed by atoms with Crippen LogP contribution in [0, 0.1) is 5.41 Å². The summed E-state index contributed by atoms with van der Waals surface area (Å²) in [6.07, 6.45) is 5.82. The van der Waals surface area contributed by atoms with E-state index in [1.807, 2.05) is 39.1 Å². The van der Waals surface area contributed by atoms with Crippen LogP contribution in [0.5, 0.6) is 0 Å². The third kappa shape index (κ3) is 4.43. The molecule has 3 N–H and O–H groups in total. The largest absolute Gasteiger partial charge is 0.378 e. The predicted molar refractivity (Wildman–Crippen MR) is 109 cm³/mol. The van der Waals surface area contributed by atoms with Crippen molar-refractivity contribution in [2.75, 3.05) is 11.9 Å². The highest BCUT2D eigenvalue weighted by molar-refractivity contribution is 5.99. The number of nitrogens with two attached hydrogens (primary N) is 1. The molecule has 7 nitrogen and oxygen atoms in total. The zero-order valence-corrected chi connectivity index (χ0v) is 17.3. The van der Waals surface area contributed by atoms with E-state index < -0.39 is 11.0 Å². The van der Waals surface area contributed by atoms with Crippen molar-refractivity contribution in [1.29, 1.82) is 0 Å². The summed E-state index contributed by atoms with van der Waals surface area (Å²) in [5.41, 5.74) is 6.10. The van der Waals surface area contributed by atoms with Gasteiger partial charge in [-0.1, -0.05) is 13.8 Å². The summed E-state index contributed by atoms with van der Waals surface area (Å²) >= 11 is 0. The summed E-state index contributed by atoms with van der Waals surface area (Å²) < 4.78 is 7.44. The first-order valence-corrected chi connectivity index (χ1v) is 8.51. The van der Waals surface area contributed by atoms with E-state index in [0.717, 1.165) is 5.56 Å². The second-order valence-electron chi connectivity index (χ2n) is 7.05. The summed E-state index contributed by atoms with van der Waals surface area (Å²) in [6.45, 7) is 7.12. The van der Waals surface area contributed by atoms with Crippen LogP contribution >= 0.6 is 24.8 Å². The van der Waals surface area contributed by atoms with Crippen molar-refractivity contribution in [1.82, 2.24) is 14.8 Å². The average molecular weight is 416 g/mol. The van der Waals surface area contributed by atoms with Gasteiger partial charge in [-0.25, -0.2) is 0 Å². The molecule has 1 fully saturated rings. The van der Waals surface area contributed by atoms with Crippen molar-refractivity contribution in [3.8, 4) is 0 Å². The van der Waals surface area contributed by atoms with E-state index in [-0.39, 0.29) is 36.8 Å². The Hall–Kier alpha value is -1.67. The third-order valence-electron chi connectivity index (χ3n) is 5.21. The number of ether oxygens (including phenoxy) is 1. The lowest BCUT2D eigenvalue weighted by Gasteiger charge is -2.57. The molecule has 27 heavy (non-hydrogen) atoms. The summed E-state index contributed by atoms with van der Waals surface area (Å²) in [6, 6.07) is 5.63. The lowest BCUT2D eigenvalue weighted by molar-refractivity contribution is -0.166. The fourth-order valence-corrected chi connectivity index (χ4v) is 3.24. The quantitative estimate of drug-likeness (QED) is 0.755. The van der Waals surface area contributed by atoms with Crippen molar-refractivity contribution in [3.63, 3.8) is 0 Å². The van der Waals surface area contributed by atoms with Gasteiger partial charge in [0.2, 0.25) is 5.91 Å². The highest BCUT2D eigenvalue weighted by atomic mass is 35.5. The number of anilines is 1. The van der Waals surface area contributed by atoms with Gasteiger partial charge in [0.1, 0.15) is 5.54 Å². The Morgan fingerprint density at radius 3 is 2.59 bits per heavy atom. The molecule has 1 amide bonds.